The minimum absolute atomic E-state index is 0. The summed E-state index contributed by atoms with van der Waals surface area (Å²) in [6.45, 7) is 2.29. The average molecular weight is 331 g/mol. The van der Waals surface area contributed by atoms with E-state index in [0.29, 0.717) is 19.4 Å². The summed E-state index contributed by atoms with van der Waals surface area (Å²) in [5, 5.41) is 34.0. The first-order chi connectivity index (χ1) is 8.56. The molecule has 0 bridgehead atoms. The van der Waals surface area contributed by atoms with Gasteiger partial charge >= 0.3 is 0 Å². The first-order valence-electron chi connectivity index (χ1n) is 7.04. The van der Waals surface area contributed by atoms with E-state index < -0.39 is 17.8 Å². The lowest BCUT2D eigenvalue weighted by Gasteiger charge is -2.46. The van der Waals surface area contributed by atoms with Crippen molar-refractivity contribution in [1.29, 1.82) is 0 Å². The minimum atomic E-state index is -1.37. The first kappa shape index (κ1) is 20.4. The Hall–Kier alpha value is 0.380. The van der Waals surface area contributed by atoms with Crippen molar-refractivity contribution < 1.29 is 15.3 Å². The molecule has 2 aliphatic rings. The van der Waals surface area contributed by atoms with Crippen LogP contribution in [0.5, 0.6) is 0 Å². The summed E-state index contributed by atoms with van der Waals surface area (Å²) in [7, 11) is 1.82. The van der Waals surface area contributed by atoms with E-state index in [-0.39, 0.29) is 30.9 Å². The molecule has 7 heteroatoms. The predicted octanol–water partition coefficient (Wildman–Crippen LogP) is 0.151. The van der Waals surface area contributed by atoms with Crippen molar-refractivity contribution in [3.63, 3.8) is 0 Å². The van der Waals surface area contributed by atoms with E-state index in [2.05, 4.69) is 10.2 Å². The summed E-state index contributed by atoms with van der Waals surface area (Å²) >= 11 is 0. The number of nitrogens with one attached hydrogen (secondary N) is 1. The zero-order chi connectivity index (χ0) is 13.2. The van der Waals surface area contributed by atoms with Crippen LogP contribution in [0.4, 0.5) is 0 Å². The number of aliphatic hydroxyl groups excluding tert-OH is 2. The summed E-state index contributed by atoms with van der Waals surface area (Å²) in [6.07, 6.45) is 2.79. The molecular weight excluding hydrogens is 303 g/mol. The smallest absolute Gasteiger partial charge is 0.129 e. The number of rotatable bonds is 3. The van der Waals surface area contributed by atoms with Crippen LogP contribution in [0.1, 0.15) is 32.1 Å². The van der Waals surface area contributed by atoms with E-state index in [4.69, 9.17) is 0 Å². The van der Waals surface area contributed by atoms with Crippen LogP contribution in [-0.4, -0.2) is 70.8 Å². The van der Waals surface area contributed by atoms with Gasteiger partial charge in [0.05, 0.1) is 12.2 Å². The molecule has 0 aromatic carbocycles. The molecule has 4 N–H and O–H groups in total. The van der Waals surface area contributed by atoms with Gasteiger partial charge in [0.1, 0.15) is 5.60 Å². The highest BCUT2D eigenvalue weighted by Gasteiger charge is 2.48. The van der Waals surface area contributed by atoms with Crippen LogP contribution >= 0.6 is 24.8 Å². The standard InChI is InChI=1S/C13H26N2O3.2ClH/c1-14-10-7-11(16)13(18,12(17)8-10)9-15-5-3-2-4-6-15;;/h10-12,14,16-18H,2-9H2,1H3;2*1H/t10?,11-,12+,13?;;. The fraction of sp³-hybridized carbons (Fsp3) is 1.00. The van der Waals surface area contributed by atoms with Gasteiger partial charge in [0.2, 0.25) is 0 Å². The molecule has 2 rings (SSSR count). The summed E-state index contributed by atoms with van der Waals surface area (Å²) in [6, 6.07) is 0.0802. The highest BCUT2D eigenvalue weighted by molar-refractivity contribution is 5.85. The molecule has 0 aromatic heterocycles. The van der Waals surface area contributed by atoms with Crippen LogP contribution in [-0.2, 0) is 0 Å². The molecular formula is C13H28Cl2N2O3. The fourth-order valence-electron chi connectivity index (χ4n) is 3.19. The highest BCUT2D eigenvalue weighted by Crippen LogP contribution is 2.31. The normalized spacial score (nSPS) is 38.7. The zero-order valence-electron chi connectivity index (χ0n) is 12.0. The molecule has 1 saturated heterocycles. The van der Waals surface area contributed by atoms with Crippen LogP contribution < -0.4 is 5.32 Å². The molecule has 122 valence electrons. The number of aliphatic hydroxyl groups is 3. The van der Waals surface area contributed by atoms with E-state index in [9.17, 15) is 15.3 Å². The number of hydrogen-bond acceptors (Lipinski definition) is 5. The minimum Gasteiger partial charge on any atom is -0.390 e. The van der Waals surface area contributed by atoms with Crippen molar-refractivity contribution in [2.24, 2.45) is 0 Å². The van der Waals surface area contributed by atoms with Gasteiger partial charge in [-0.15, -0.1) is 24.8 Å². The van der Waals surface area contributed by atoms with Crippen molar-refractivity contribution >= 4 is 24.8 Å². The van der Waals surface area contributed by atoms with Gasteiger partial charge in [0, 0.05) is 12.6 Å². The maximum atomic E-state index is 10.6. The third kappa shape index (κ3) is 4.44. The van der Waals surface area contributed by atoms with Crippen LogP contribution in [0.3, 0.4) is 0 Å². The number of likely N-dealkylation sites (tertiary alicyclic amines) is 1. The lowest BCUT2D eigenvalue weighted by atomic mass is 9.76. The van der Waals surface area contributed by atoms with Crippen LogP contribution in [0.2, 0.25) is 0 Å². The number of β-amino-alcohol motifs (C(OH)–C–C–N with tert-alkyl or cyclic N) is 1. The van der Waals surface area contributed by atoms with Gasteiger partial charge in [-0.05, 0) is 45.8 Å². The summed E-state index contributed by atoms with van der Waals surface area (Å²) in [5.41, 5.74) is -1.37. The molecule has 0 amide bonds. The summed E-state index contributed by atoms with van der Waals surface area (Å²) in [4.78, 5) is 2.16. The van der Waals surface area contributed by atoms with Crippen LogP contribution in [0.15, 0.2) is 0 Å². The molecule has 4 atom stereocenters. The van der Waals surface area contributed by atoms with Gasteiger partial charge in [0.25, 0.3) is 0 Å². The predicted molar refractivity (Wildman–Crippen MR) is 83.8 cm³/mol. The van der Waals surface area contributed by atoms with Gasteiger partial charge in [-0.3, -0.25) is 0 Å². The Bertz CT molecular complexity index is 266. The van der Waals surface area contributed by atoms with Crippen molar-refractivity contribution in [1.82, 2.24) is 10.2 Å². The Kier molecular flexibility index (Phi) is 8.90. The van der Waals surface area contributed by atoms with Crippen molar-refractivity contribution in [3.8, 4) is 0 Å². The molecule has 0 spiro atoms. The van der Waals surface area contributed by atoms with Crippen molar-refractivity contribution in [2.45, 2.75) is 56.0 Å². The Morgan fingerprint density at radius 2 is 1.55 bits per heavy atom. The molecule has 5 nitrogen and oxygen atoms in total. The van der Waals surface area contributed by atoms with Gasteiger partial charge in [-0.2, -0.15) is 0 Å². The average Bonchev–Trinajstić information content (AvgIpc) is 2.37. The molecule has 1 heterocycles. The van der Waals surface area contributed by atoms with Gasteiger partial charge < -0.3 is 25.5 Å². The monoisotopic (exact) mass is 330 g/mol. The maximum absolute atomic E-state index is 10.6. The van der Waals surface area contributed by atoms with E-state index in [1.54, 1.807) is 0 Å². The van der Waals surface area contributed by atoms with Crippen LogP contribution in [0.25, 0.3) is 0 Å². The maximum Gasteiger partial charge on any atom is 0.129 e. The number of piperidine rings is 1. The largest absolute Gasteiger partial charge is 0.390 e. The zero-order valence-corrected chi connectivity index (χ0v) is 13.6. The second kappa shape index (κ2) is 8.73. The summed E-state index contributed by atoms with van der Waals surface area (Å²) in [5.74, 6) is 0. The van der Waals surface area contributed by atoms with Crippen LogP contribution in [0, 0.1) is 0 Å². The van der Waals surface area contributed by atoms with Gasteiger partial charge in [-0.1, -0.05) is 6.42 Å². The third-order valence-corrected chi connectivity index (χ3v) is 4.50. The van der Waals surface area contributed by atoms with E-state index in [0.717, 1.165) is 25.9 Å². The fourth-order valence-corrected chi connectivity index (χ4v) is 3.19. The second-order valence-corrected chi connectivity index (χ2v) is 5.82. The third-order valence-electron chi connectivity index (χ3n) is 4.50. The summed E-state index contributed by atoms with van der Waals surface area (Å²) < 4.78 is 0. The Labute approximate surface area is 133 Å². The number of nitrogens with zero attached hydrogens (tertiary/aromatic N) is 1. The molecule has 2 unspecified atom stereocenters. The second-order valence-electron chi connectivity index (χ2n) is 5.82. The first-order valence-corrected chi connectivity index (χ1v) is 7.04. The Morgan fingerprint density at radius 3 is 2.00 bits per heavy atom. The Morgan fingerprint density at radius 1 is 1.05 bits per heavy atom. The SMILES string of the molecule is CNC1C[C@@H](O)C(O)(CN2CCCCC2)[C@@H](O)C1.Cl.Cl. The Balaban J connectivity index is 0.00000180. The topological polar surface area (TPSA) is 76.0 Å². The molecule has 0 aromatic rings. The van der Waals surface area contributed by atoms with E-state index in [1.807, 2.05) is 7.05 Å². The van der Waals surface area contributed by atoms with Gasteiger partial charge in [-0.25, -0.2) is 0 Å². The quantitative estimate of drug-likeness (QED) is 0.592. The number of hydrogen-bond donors (Lipinski definition) is 4. The molecule has 1 saturated carbocycles. The lowest BCUT2D eigenvalue weighted by molar-refractivity contribution is -0.182. The molecule has 2 fully saturated rings. The van der Waals surface area contributed by atoms with E-state index in [1.165, 1.54) is 6.42 Å². The molecule has 0 radical (unpaired) electrons. The van der Waals surface area contributed by atoms with E-state index >= 15 is 0 Å². The molecule has 1 aliphatic heterocycles. The lowest BCUT2D eigenvalue weighted by Crippen LogP contribution is -2.64. The van der Waals surface area contributed by atoms with Crippen molar-refractivity contribution in [3.05, 3.63) is 0 Å². The van der Waals surface area contributed by atoms with Crippen molar-refractivity contribution in [2.75, 3.05) is 26.7 Å². The number of halogens is 2. The highest BCUT2D eigenvalue weighted by atomic mass is 35.5. The van der Waals surface area contributed by atoms with Gasteiger partial charge in [0.15, 0.2) is 0 Å². The molecule has 1 aliphatic carbocycles. The molecule has 20 heavy (non-hydrogen) atoms.